The Labute approximate surface area is 194 Å². The number of carbonyl (C=O) groups is 1. The van der Waals surface area contributed by atoms with Crippen molar-refractivity contribution in [2.24, 2.45) is 0 Å². The number of hydrogen-bond donors (Lipinski definition) is 1. The van der Waals surface area contributed by atoms with Gasteiger partial charge in [-0.3, -0.25) is 9.78 Å². The van der Waals surface area contributed by atoms with Crippen LogP contribution in [-0.4, -0.2) is 43.5 Å². The Kier molecular flexibility index (Phi) is 5.85. The van der Waals surface area contributed by atoms with Crippen LogP contribution in [0.4, 0.5) is 5.82 Å². The van der Waals surface area contributed by atoms with Crippen molar-refractivity contribution in [3.63, 3.8) is 0 Å². The molecular formula is C24H23BrN6O. The zero-order chi connectivity index (χ0) is 21.9. The highest BCUT2D eigenvalue weighted by atomic mass is 79.9. The van der Waals surface area contributed by atoms with Crippen molar-refractivity contribution in [1.29, 1.82) is 0 Å². The monoisotopic (exact) mass is 490 g/mol. The Hall–Kier alpha value is -3.26. The topological polar surface area (TPSA) is 75.4 Å². The Morgan fingerprint density at radius 2 is 1.88 bits per heavy atom. The largest absolute Gasteiger partial charge is 0.365 e. The third-order valence-electron chi connectivity index (χ3n) is 5.95. The number of anilines is 1. The molecule has 1 fully saturated rings. The van der Waals surface area contributed by atoms with Crippen LogP contribution in [0.2, 0.25) is 0 Å². The molecule has 162 valence electrons. The number of aromatic nitrogens is 4. The van der Waals surface area contributed by atoms with E-state index in [-0.39, 0.29) is 5.91 Å². The first-order chi connectivity index (χ1) is 15.7. The summed E-state index contributed by atoms with van der Waals surface area (Å²) in [4.78, 5) is 24.1. The SMILES string of the molecule is O=C(c1cnc2c(Br)cnn2c1NCc1cccnc1)N1CCC(c2ccccc2)CC1. The number of amides is 1. The van der Waals surface area contributed by atoms with Gasteiger partial charge >= 0.3 is 0 Å². The van der Waals surface area contributed by atoms with Crippen molar-refractivity contribution < 1.29 is 4.79 Å². The number of nitrogens with zero attached hydrogens (tertiary/aromatic N) is 5. The fraction of sp³-hybridized carbons (Fsp3) is 0.250. The van der Waals surface area contributed by atoms with E-state index in [9.17, 15) is 4.79 Å². The van der Waals surface area contributed by atoms with Crippen LogP contribution in [0.15, 0.2) is 71.7 Å². The lowest BCUT2D eigenvalue weighted by Gasteiger charge is -2.32. The van der Waals surface area contributed by atoms with Gasteiger partial charge in [-0.05, 0) is 51.9 Å². The molecule has 0 saturated carbocycles. The molecule has 0 aliphatic carbocycles. The highest BCUT2D eigenvalue weighted by Gasteiger charge is 2.27. The number of rotatable bonds is 5. The van der Waals surface area contributed by atoms with Crippen LogP contribution >= 0.6 is 15.9 Å². The van der Waals surface area contributed by atoms with E-state index in [0.717, 1.165) is 36.0 Å². The zero-order valence-electron chi connectivity index (χ0n) is 17.5. The Balaban J connectivity index is 1.39. The average molecular weight is 491 g/mol. The van der Waals surface area contributed by atoms with E-state index < -0.39 is 0 Å². The molecule has 0 unspecified atom stereocenters. The smallest absolute Gasteiger partial charge is 0.259 e. The van der Waals surface area contributed by atoms with E-state index in [2.05, 4.69) is 60.6 Å². The summed E-state index contributed by atoms with van der Waals surface area (Å²) in [6.07, 6.45) is 8.80. The molecule has 4 aromatic rings. The number of hydrogen-bond acceptors (Lipinski definition) is 5. The van der Waals surface area contributed by atoms with E-state index in [1.165, 1.54) is 5.56 Å². The molecule has 1 aliphatic rings. The van der Waals surface area contributed by atoms with Crippen LogP contribution in [0.3, 0.4) is 0 Å². The Morgan fingerprint density at radius 3 is 2.62 bits per heavy atom. The van der Waals surface area contributed by atoms with Gasteiger partial charge in [0.2, 0.25) is 0 Å². The minimum absolute atomic E-state index is 0.0220. The summed E-state index contributed by atoms with van der Waals surface area (Å²) in [5, 5.41) is 7.82. The second-order valence-corrected chi connectivity index (χ2v) is 8.79. The Bertz CT molecular complexity index is 1220. The number of carbonyl (C=O) groups excluding carboxylic acids is 1. The minimum atomic E-state index is -0.0220. The number of pyridine rings is 1. The van der Waals surface area contributed by atoms with Gasteiger partial charge in [-0.2, -0.15) is 9.61 Å². The van der Waals surface area contributed by atoms with E-state index in [1.54, 1.807) is 29.3 Å². The van der Waals surface area contributed by atoms with Crippen molar-refractivity contribution in [2.75, 3.05) is 18.4 Å². The molecule has 0 bridgehead atoms. The van der Waals surface area contributed by atoms with Gasteiger partial charge in [0.05, 0.1) is 10.7 Å². The molecule has 5 rings (SSSR count). The van der Waals surface area contributed by atoms with Crippen molar-refractivity contribution in [3.8, 4) is 0 Å². The summed E-state index contributed by atoms with van der Waals surface area (Å²) >= 11 is 3.49. The predicted molar refractivity (Wildman–Crippen MR) is 127 cm³/mol. The third-order valence-corrected chi connectivity index (χ3v) is 6.51. The molecule has 1 N–H and O–H groups in total. The number of piperidine rings is 1. The maximum atomic E-state index is 13.5. The molecule has 4 heterocycles. The van der Waals surface area contributed by atoms with Gasteiger partial charge in [0, 0.05) is 38.2 Å². The van der Waals surface area contributed by atoms with Crippen molar-refractivity contribution in [3.05, 3.63) is 88.4 Å². The summed E-state index contributed by atoms with van der Waals surface area (Å²) in [5.74, 6) is 1.11. The van der Waals surface area contributed by atoms with E-state index in [0.29, 0.717) is 29.5 Å². The summed E-state index contributed by atoms with van der Waals surface area (Å²) < 4.78 is 2.47. The van der Waals surface area contributed by atoms with E-state index >= 15 is 0 Å². The second kappa shape index (κ2) is 9.08. The van der Waals surface area contributed by atoms with Gasteiger partial charge in [-0.15, -0.1) is 0 Å². The summed E-state index contributed by atoms with van der Waals surface area (Å²) in [5.41, 5.74) is 3.56. The molecule has 0 atom stereocenters. The third kappa shape index (κ3) is 4.10. The number of nitrogens with one attached hydrogen (secondary N) is 1. The maximum absolute atomic E-state index is 13.5. The van der Waals surface area contributed by atoms with Crippen LogP contribution in [0.25, 0.3) is 5.65 Å². The summed E-state index contributed by atoms with van der Waals surface area (Å²) in [7, 11) is 0. The molecule has 0 radical (unpaired) electrons. The molecule has 3 aromatic heterocycles. The molecule has 1 saturated heterocycles. The van der Waals surface area contributed by atoms with Gasteiger partial charge in [-0.25, -0.2) is 4.98 Å². The average Bonchev–Trinajstić information content (AvgIpc) is 3.24. The highest BCUT2D eigenvalue weighted by Crippen LogP contribution is 2.30. The zero-order valence-corrected chi connectivity index (χ0v) is 19.1. The van der Waals surface area contributed by atoms with Crippen molar-refractivity contribution in [1.82, 2.24) is 24.5 Å². The predicted octanol–water partition coefficient (Wildman–Crippen LogP) is 4.52. The maximum Gasteiger partial charge on any atom is 0.259 e. The first-order valence-corrected chi connectivity index (χ1v) is 11.5. The van der Waals surface area contributed by atoms with Crippen molar-refractivity contribution >= 4 is 33.3 Å². The van der Waals surface area contributed by atoms with Crippen molar-refractivity contribution in [2.45, 2.75) is 25.3 Å². The minimum Gasteiger partial charge on any atom is -0.365 e. The number of halogens is 1. The molecule has 32 heavy (non-hydrogen) atoms. The lowest BCUT2D eigenvalue weighted by atomic mass is 9.89. The number of fused-ring (bicyclic) bond motifs is 1. The molecular weight excluding hydrogens is 468 g/mol. The molecule has 7 nitrogen and oxygen atoms in total. The van der Waals surface area contributed by atoms with Gasteiger partial charge in [0.25, 0.3) is 5.91 Å². The summed E-state index contributed by atoms with van der Waals surface area (Å²) in [6, 6.07) is 14.4. The quantitative estimate of drug-likeness (QED) is 0.445. The van der Waals surface area contributed by atoms with Crippen LogP contribution in [-0.2, 0) is 6.54 Å². The lowest BCUT2D eigenvalue weighted by Crippen LogP contribution is -2.38. The standard InChI is InChI=1S/C24H23BrN6O/c25-21-16-29-31-22(27-14-17-5-4-10-26-13-17)20(15-28-23(21)31)24(32)30-11-8-19(9-12-30)18-6-2-1-3-7-18/h1-7,10,13,15-16,19,27H,8-9,11-12,14H2. The van der Waals surface area contributed by atoms with Crippen LogP contribution < -0.4 is 5.32 Å². The van der Waals surface area contributed by atoms with E-state index in [4.69, 9.17) is 0 Å². The van der Waals surface area contributed by atoms with Gasteiger partial charge in [0.15, 0.2) is 5.65 Å². The first-order valence-electron chi connectivity index (χ1n) is 10.7. The molecule has 1 amide bonds. The Morgan fingerprint density at radius 1 is 1.06 bits per heavy atom. The van der Waals surface area contributed by atoms with Gasteiger partial charge in [0.1, 0.15) is 11.4 Å². The fourth-order valence-electron chi connectivity index (χ4n) is 4.23. The highest BCUT2D eigenvalue weighted by molar-refractivity contribution is 9.10. The molecule has 1 aromatic carbocycles. The van der Waals surface area contributed by atoms with Crippen LogP contribution in [0, 0.1) is 0 Å². The molecule has 8 heteroatoms. The van der Waals surface area contributed by atoms with E-state index in [1.807, 2.05) is 23.1 Å². The number of likely N-dealkylation sites (tertiary alicyclic amines) is 1. The fourth-order valence-corrected chi connectivity index (χ4v) is 4.59. The first kappa shape index (κ1) is 20.6. The summed E-state index contributed by atoms with van der Waals surface area (Å²) in [6.45, 7) is 1.98. The normalized spacial score (nSPS) is 14.6. The van der Waals surface area contributed by atoms with Gasteiger partial charge < -0.3 is 10.2 Å². The number of benzene rings is 1. The second-order valence-electron chi connectivity index (χ2n) is 7.94. The van der Waals surface area contributed by atoms with Crippen LogP contribution in [0.5, 0.6) is 0 Å². The molecule has 1 aliphatic heterocycles. The van der Waals surface area contributed by atoms with Gasteiger partial charge in [-0.1, -0.05) is 36.4 Å². The lowest BCUT2D eigenvalue weighted by molar-refractivity contribution is 0.0713. The molecule has 0 spiro atoms. The van der Waals surface area contributed by atoms with Crippen LogP contribution in [0.1, 0.15) is 40.2 Å².